The molecule has 0 radical (unpaired) electrons. The first kappa shape index (κ1) is 44.0. The Morgan fingerprint density at radius 2 is 1.36 bits per heavy atom. The summed E-state index contributed by atoms with van der Waals surface area (Å²) in [5, 5.41) is 11.1. The highest BCUT2D eigenvalue weighted by atomic mass is 35.5. The minimum Gasteiger partial charge on any atom is -0.481 e. The second kappa shape index (κ2) is 22.2. The number of carbonyl (C=O) groups excluding carboxylic acids is 1. The van der Waals surface area contributed by atoms with Crippen LogP contribution in [0.4, 0.5) is 5.69 Å². The van der Waals surface area contributed by atoms with E-state index in [2.05, 4.69) is 59.6 Å². The maximum Gasteiger partial charge on any atom is 0.274 e. The summed E-state index contributed by atoms with van der Waals surface area (Å²) in [5.41, 5.74) is 4.66. The van der Waals surface area contributed by atoms with Crippen molar-refractivity contribution in [3.63, 3.8) is 0 Å². The monoisotopic (exact) mass is 851 g/mol. The van der Waals surface area contributed by atoms with Gasteiger partial charge < -0.3 is 45.0 Å². The number of pyridine rings is 2. The largest absolute Gasteiger partial charge is 0.481 e. The number of ether oxygens (including phenoxy) is 2. The Balaban J connectivity index is 0.997. The molecule has 2 aliphatic heterocycles. The Labute approximate surface area is 358 Å². The van der Waals surface area contributed by atoms with Gasteiger partial charge in [-0.05, 0) is 76.9 Å². The number of rotatable bonds is 19. The Morgan fingerprint density at radius 3 is 1.98 bits per heavy atom. The third kappa shape index (κ3) is 12.5. The van der Waals surface area contributed by atoms with Crippen LogP contribution in [0.15, 0.2) is 60.8 Å². The highest BCUT2D eigenvalue weighted by molar-refractivity contribution is 6.39. The number of likely N-dealkylation sites (N-methyl/N-ethyl adjacent to an activating group) is 2. The molecule has 2 fully saturated rings. The number of nitrogens with one attached hydrogen (secondary N) is 3. The molecule has 3 N–H and O–H groups in total. The zero-order valence-electron chi connectivity index (χ0n) is 33.8. The van der Waals surface area contributed by atoms with Gasteiger partial charge in [0, 0.05) is 93.9 Å². The molecule has 1 amide bonds. The van der Waals surface area contributed by atoms with Gasteiger partial charge in [0.25, 0.3) is 5.91 Å². The number of aromatic nitrogens is 2. The zero-order valence-corrected chi connectivity index (χ0v) is 36.1. The topological polar surface area (TPSA) is 110 Å². The van der Waals surface area contributed by atoms with Crippen molar-refractivity contribution < 1.29 is 14.3 Å². The third-order valence-corrected chi connectivity index (χ3v) is 11.8. The van der Waals surface area contributed by atoms with Crippen molar-refractivity contribution in [2.45, 2.75) is 32.5 Å². The van der Waals surface area contributed by atoms with E-state index in [9.17, 15) is 4.79 Å². The van der Waals surface area contributed by atoms with Crippen molar-refractivity contribution in [1.29, 1.82) is 0 Å². The molecule has 15 heteroatoms. The summed E-state index contributed by atoms with van der Waals surface area (Å²) in [6.07, 6.45) is 3.88. The van der Waals surface area contributed by atoms with Gasteiger partial charge in [0.15, 0.2) is 0 Å². The number of halogens is 3. The first-order valence-electron chi connectivity index (χ1n) is 20.1. The van der Waals surface area contributed by atoms with Crippen LogP contribution in [0.25, 0.3) is 11.1 Å². The average molecular weight is 853 g/mol. The Bertz CT molecular complexity index is 1940. The van der Waals surface area contributed by atoms with E-state index in [1.165, 1.54) is 0 Å². The molecular weight excluding hydrogens is 797 g/mol. The van der Waals surface area contributed by atoms with Crippen LogP contribution in [-0.2, 0) is 19.7 Å². The number of piperazine rings is 2. The highest BCUT2D eigenvalue weighted by Crippen LogP contribution is 2.39. The van der Waals surface area contributed by atoms with Crippen molar-refractivity contribution >= 4 is 46.4 Å². The SMILES string of the molecule is COc1nc(OCc2cccc(-c3cccc(NC(=O)c4ccc(CNCCCN5CCN(C)CC5)cn4)c3Cl)c2Cl)c(Cl)cc1CNCCCN1CCN(C)CC1. The molecule has 0 spiro atoms. The van der Waals surface area contributed by atoms with E-state index in [0.29, 0.717) is 62.1 Å². The van der Waals surface area contributed by atoms with Crippen molar-refractivity contribution in [3.05, 3.63) is 98.2 Å². The van der Waals surface area contributed by atoms with E-state index in [1.807, 2.05) is 42.5 Å². The molecule has 58 heavy (non-hydrogen) atoms. The molecule has 4 aromatic rings. The quantitative estimate of drug-likeness (QED) is 0.0913. The van der Waals surface area contributed by atoms with Crippen LogP contribution in [0.2, 0.25) is 15.1 Å². The molecule has 0 aliphatic carbocycles. The van der Waals surface area contributed by atoms with Crippen LogP contribution >= 0.6 is 34.8 Å². The van der Waals surface area contributed by atoms with Crippen molar-refractivity contribution in [2.24, 2.45) is 0 Å². The lowest BCUT2D eigenvalue weighted by atomic mass is 10.0. The third-order valence-electron chi connectivity index (χ3n) is 10.7. The van der Waals surface area contributed by atoms with Gasteiger partial charge in [-0.15, -0.1) is 0 Å². The molecule has 12 nitrogen and oxygen atoms in total. The molecule has 0 atom stereocenters. The van der Waals surface area contributed by atoms with Crippen LogP contribution in [0.5, 0.6) is 11.8 Å². The molecule has 0 bridgehead atoms. The van der Waals surface area contributed by atoms with Crippen LogP contribution in [0.3, 0.4) is 0 Å². The number of hydrogen-bond acceptors (Lipinski definition) is 11. The Hall–Kier alpha value is -3.56. The summed E-state index contributed by atoms with van der Waals surface area (Å²) in [6, 6.07) is 16.5. The number of methoxy groups -OCH3 is 1. The van der Waals surface area contributed by atoms with Crippen molar-refractivity contribution in [3.8, 4) is 22.9 Å². The van der Waals surface area contributed by atoms with E-state index in [-0.39, 0.29) is 18.4 Å². The zero-order chi connectivity index (χ0) is 40.9. The van der Waals surface area contributed by atoms with Crippen LogP contribution in [0.1, 0.15) is 40.0 Å². The van der Waals surface area contributed by atoms with Crippen LogP contribution in [-0.4, -0.2) is 135 Å². The van der Waals surface area contributed by atoms with Gasteiger partial charge in [0.2, 0.25) is 11.8 Å². The summed E-state index contributed by atoms with van der Waals surface area (Å²) in [7, 11) is 5.93. The number of carbonyl (C=O) groups is 1. The van der Waals surface area contributed by atoms with Gasteiger partial charge >= 0.3 is 0 Å². The van der Waals surface area contributed by atoms with Gasteiger partial charge in [-0.2, -0.15) is 4.98 Å². The molecular formula is C43H56Cl3N9O3. The summed E-state index contributed by atoms with van der Waals surface area (Å²) in [5.74, 6) is 0.333. The molecule has 312 valence electrons. The maximum absolute atomic E-state index is 13.2. The molecule has 2 aliphatic rings. The fourth-order valence-corrected chi connectivity index (χ4v) is 7.87. The van der Waals surface area contributed by atoms with Crippen molar-refractivity contribution in [2.75, 3.05) is 105 Å². The number of hydrogen-bond donors (Lipinski definition) is 3. The highest BCUT2D eigenvalue weighted by Gasteiger charge is 2.19. The molecule has 2 aromatic carbocycles. The van der Waals surface area contributed by atoms with Gasteiger partial charge in [0.05, 0.1) is 22.8 Å². The van der Waals surface area contributed by atoms with Crippen LogP contribution in [0, 0.1) is 0 Å². The average Bonchev–Trinajstić information content (AvgIpc) is 3.23. The van der Waals surface area contributed by atoms with E-state index >= 15 is 0 Å². The van der Waals surface area contributed by atoms with Gasteiger partial charge in [-0.1, -0.05) is 71.2 Å². The first-order chi connectivity index (χ1) is 28.2. The molecule has 4 heterocycles. The lowest BCUT2D eigenvalue weighted by Gasteiger charge is -2.32. The van der Waals surface area contributed by atoms with E-state index in [1.54, 1.807) is 25.4 Å². The molecule has 2 aromatic heterocycles. The Kier molecular flexibility index (Phi) is 16.8. The summed E-state index contributed by atoms with van der Waals surface area (Å²) >= 11 is 20.5. The van der Waals surface area contributed by atoms with Gasteiger partial charge in [-0.3, -0.25) is 9.78 Å². The lowest BCUT2D eigenvalue weighted by Crippen LogP contribution is -2.45. The number of benzene rings is 2. The first-order valence-corrected chi connectivity index (χ1v) is 21.2. The maximum atomic E-state index is 13.2. The van der Waals surface area contributed by atoms with Gasteiger partial charge in [0.1, 0.15) is 17.3 Å². The summed E-state index contributed by atoms with van der Waals surface area (Å²) < 4.78 is 11.7. The summed E-state index contributed by atoms with van der Waals surface area (Å²) in [4.78, 5) is 32.0. The minimum atomic E-state index is -0.359. The van der Waals surface area contributed by atoms with Crippen molar-refractivity contribution in [1.82, 2.24) is 40.2 Å². The predicted molar refractivity (Wildman–Crippen MR) is 235 cm³/mol. The second-order valence-corrected chi connectivity index (χ2v) is 16.2. The summed E-state index contributed by atoms with van der Waals surface area (Å²) in [6.45, 7) is 14.4. The second-order valence-electron chi connectivity index (χ2n) is 15.0. The predicted octanol–water partition coefficient (Wildman–Crippen LogP) is 6.40. The standard InChI is InChI=1S/C43H56Cl3N9O3/c1-52-18-22-54(23-19-52)16-6-14-47-27-31-12-13-38(49-28-31)41(56)50-37-11-5-10-35(40(37)46)34-9-4-8-32(39(34)45)30-58-43-36(44)26-33(42(51-43)57-3)29-48-15-7-17-55-24-20-53(2)21-25-55/h4-5,8-13,26,28,47-48H,6-7,14-25,27,29-30H2,1-3H3,(H,50,56). The smallest absolute Gasteiger partial charge is 0.274 e. The molecule has 0 unspecified atom stereocenters. The number of anilines is 1. The fraction of sp³-hybridized carbons (Fsp3) is 0.465. The normalized spacial score (nSPS) is 15.8. The number of nitrogens with zero attached hydrogens (tertiary/aromatic N) is 6. The van der Waals surface area contributed by atoms with E-state index in [0.717, 1.165) is 103 Å². The fourth-order valence-electron chi connectivity index (χ4n) is 7.08. The van der Waals surface area contributed by atoms with E-state index in [4.69, 9.17) is 44.3 Å². The molecule has 2 saturated heterocycles. The number of amides is 1. The lowest BCUT2D eigenvalue weighted by molar-refractivity contribution is 0.102. The minimum absolute atomic E-state index is 0.105. The van der Waals surface area contributed by atoms with E-state index < -0.39 is 0 Å². The molecule has 6 rings (SSSR count). The van der Waals surface area contributed by atoms with Crippen LogP contribution < -0.4 is 25.4 Å². The molecule has 0 saturated carbocycles. The van der Waals surface area contributed by atoms with Gasteiger partial charge in [-0.25, -0.2) is 0 Å². The Morgan fingerprint density at radius 1 is 0.741 bits per heavy atom.